The third-order valence-electron chi connectivity index (χ3n) is 1.89. The molecule has 0 aromatic heterocycles. The maximum atomic E-state index is 11.6. The lowest BCUT2D eigenvalue weighted by Gasteiger charge is -2.05. The zero-order valence-electron chi connectivity index (χ0n) is 9.41. The summed E-state index contributed by atoms with van der Waals surface area (Å²) in [7, 11) is 0. The van der Waals surface area contributed by atoms with Gasteiger partial charge < -0.3 is 10.1 Å². The van der Waals surface area contributed by atoms with Crippen molar-refractivity contribution in [3.05, 3.63) is 46.5 Å². The summed E-state index contributed by atoms with van der Waals surface area (Å²) in [6.07, 6.45) is 0. The van der Waals surface area contributed by atoms with Crippen LogP contribution in [0.2, 0.25) is 5.02 Å². The molecule has 0 radical (unpaired) electrons. The number of carbonyl (C=O) groups excluding carboxylic acids is 2. The number of rotatable bonds is 5. The minimum Gasteiger partial charge on any atom is -0.459 e. The highest BCUT2D eigenvalue weighted by atomic mass is 35.5. The quantitative estimate of drug-likeness (QED) is 0.846. The van der Waals surface area contributed by atoms with Gasteiger partial charge in [0.1, 0.15) is 13.2 Å². The highest BCUT2D eigenvalue weighted by Crippen LogP contribution is 2.09. The number of amides is 1. The molecule has 1 amide bonds. The molecule has 0 bridgehead atoms. The van der Waals surface area contributed by atoms with Gasteiger partial charge in [-0.2, -0.15) is 0 Å². The van der Waals surface area contributed by atoms with Gasteiger partial charge in [0.05, 0.1) is 0 Å². The van der Waals surface area contributed by atoms with Crippen LogP contribution in [0.3, 0.4) is 0 Å². The van der Waals surface area contributed by atoms with E-state index in [-0.39, 0.29) is 24.1 Å². The topological polar surface area (TPSA) is 55.4 Å². The third kappa shape index (κ3) is 5.21. The zero-order chi connectivity index (χ0) is 13.5. The van der Waals surface area contributed by atoms with E-state index in [1.807, 2.05) is 0 Å². The van der Waals surface area contributed by atoms with Crippen molar-refractivity contribution < 1.29 is 14.3 Å². The van der Waals surface area contributed by atoms with E-state index in [4.69, 9.17) is 27.9 Å². The summed E-state index contributed by atoms with van der Waals surface area (Å²) >= 11 is 11.1. The summed E-state index contributed by atoms with van der Waals surface area (Å²) in [5.41, 5.74) is 0.411. The van der Waals surface area contributed by atoms with Crippen molar-refractivity contribution in [2.75, 3.05) is 13.2 Å². The van der Waals surface area contributed by atoms with Gasteiger partial charge in [-0.25, -0.2) is 0 Å². The van der Waals surface area contributed by atoms with Crippen LogP contribution in [0.1, 0.15) is 10.4 Å². The lowest BCUT2D eigenvalue weighted by atomic mass is 10.2. The lowest BCUT2D eigenvalue weighted by Crippen LogP contribution is -2.30. The molecule has 0 fully saturated rings. The summed E-state index contributed by atoms with van der Waals surface area (Å²) < 4.78 is 4.70. The molecule has 0 spiro atoms. The summed E-state index contributed by atoms with van der Waals surface area (Å²) in [4.78, 5) is 22.8. The van der Waals surface area contributed by atoms with Gasteiger partial charge in [0, 0.05) is 15.6 Å². The molecule has 0 heterocycles. The van der Waals surface area contributed by atoms with Crippen molar-refractivity contribution in [1.29, 1.82) is 0 Å². The minimum absolute atomic E-state index is 0.0722. The molecule has 96 valence electrons. The van der Waals surface area contributed by atoms with E-state index in [1.165, 1.54) is 0 Å². The van der Waals surface area contributed by atoms with Crippen LogP contribution in [0.15, 0.2) is 35.9 Å². The first-order valence-electron chi connectivity index (χ1n) is 5.01. The van der Waals surface area contributed by atoms with Gasteiger partial charge in [0.25, 0.3) is 5.91 Å². The predicted octanol–water partition coefficient (Wildman–Crippen LogP) is 2.37. The Bertz CT molecular complexity index is 457. The van der Waals surface area contributed by atoms with E-state index in [0.29, 0.717) is 10.6 Å². The Kier molecular flexibility index (Phi) is 5.68. The van der Waals surface area contributed by atoms with Crippen LogP contribution in [0.4, 0.5) is 0 Å². The number of carbonyl (C=O) groups is 2. The average molecular weight is 288 g/mol. The number of halogens is 2. The minimum atomic E-state index is -0.584. The molecule has 0 unspecified atom stereocenters. The molecule has 1 aromatic rings. The number of esters is 1. The summed E-state index contributed by atoms with van der Waals surface area (Å²) in [6.45, 7) is 3.06. The van der Waals surface area contributed by atoms with E-state index < -0.39 is 5.97 Å². The van der Waals surface area contributed by atoms with Gasteiger partial charge >= 0.3 is 5.97 Å². The number of nitrogens with one attached hydrogen (secondary N) is 1. The Balaban J connectivity index is 2.39. The van der Waals surface area contributed by atoms with Crippen LogP contribution < -0.4 is 5.32 Å². The standard InChI is InChI=1S/C12H11Cl2NO3/c1-8(13)7-18-11(16)6-15-12(17)9-2-4-10(14)5-3-9/h2-5H,1,6-7H2,(H,15,17). The summed E-state index contributed by atoms with van der Waals surface area (Å²) in [6, 6.07) is 6.30. The van der Waals surface area contributed by atoms with Gasteiger partial charge in [-0.15, -0.1) is 0 Å². The number of hydrogen-bond acceptors (Lipinski definition) is 3. The van der Waals surface area contributed by atoms with Crippen molar-refractivity contribution in [3.8, 4) is 0 Å². The van der Waals surface area contributed by atoms with Gasteiger partial charge in [0.15, 0.2) is 0 Å². The second kappa shape index (κ2) is 7.03. The molecular formula is C12H11Cl2NO3. The van der Waals surface area contributed by atoms with E-state index in [0.717, 1.165) is 0 Å². The Morgan fingerprint density at radius 1 is 1.28 bits per heavy atom. The largest absolute Gasteiger partial charge is 0.459 e. The fraction of sp³-hybridized carbons (Fsp3) is 0.167. The average Bonchev–Trinajstić information content (AvgIpc) is 2.34. The van der Waals surface area contributed by atoms with E-state index >= 15 is 0 Å². The maximum Gasteiger partial charge on any atom is 0.325 e. The lowest BCUT2D eigenvalue weighted by molar-refractivity contribution is -0.141. The molecule has 4 nitrogen and oxygen atoms in total. The Labute approximate surface area is 115 Å². The first kappa shape index (κ1) is 14.5. The maximum absolute atomic E-state index is 11.6. The smallest absolute Gasteiger partial charge is 0.325 e. The Hall–Kier alpha value is -1.52. The van der Waals surface area contributed by atoms with E-state index in [9.17, 15) is 9.59 Å². The fourth-order valence-electron chi connectivity index (χ4n) is 1.07. The molecule has 0 saturated carbocycles. The molecule has 0 atom stereocenters. The predicted molar refractivity (Wildman–Crippen MR) is 69.7 cm³/mol. The number of ether oxygens (including phenoxy) is 1. The fourth-order valence-corrected chi connectivity index (χ4v) is 1.25. The molecular weight excluding hydrogens is 277 g/mol. The molecule has 0 aliphatic carbocycles. The van der Waals surface area contributed by atoms with Gasteiger partial charge in [0.2, 0.25) is 0 Å². The second-order valence-corrected chi connectivity index (χ2v) is 4.34. The Morgan fingerprint density at radius 3 is 2.44 bits per heavy atom. The second-order valence-electron chi connectivity index (χ2n) is 3.37. The van der Waals surface area contributed by atoms with Crippen LogP contribution >= 0.6 is 23.2 Å². The van der Waals surface area contributed by atoms with Crippen LogP contribution in [0.5, 0.6) is 0 Å². The van der Waals surface area contributed by atoms with Crippen LogP contribution in [0, 0.1) is 0 Å². The molecule has 1 N–H and O–H groups in total. The van der Waals surface area contributed by atoms with Crippen molar-refractivity contribution in [2.45, 2.75) is 0 Å². The van der Waals surface area contributed by atoms with Crippen molar-refractivity contribution in [3.63, 3.8) is 0 Å². The van der Waals surface area contributed by atoms with Gasteiger partial charge in [-0.05, 0) is 24.3 Å². The highest BCUT2D eigenvalue weighted by Gasteiger charge is 2.08. The molecule has 1 rings (SSSR count). The van der Waals surface area contributed by atoms with Gasteiger partial charge in [-0.3, -0.25) is 9.59 Å². The van der Waals surface area contributed by atoms with E-state index in [2.05, 4.69) is 11.9 Å². The van der Waals surface area contributed by atoms with Crippen LogP contribution in [-0.4, -0.2) is 25.0 Å². The van der Waals surface area contributed by atoms with Crippen LogP contribution in [0.25, 0.3) is 0 Å². The molecule has 6 heteroatoms. The van der Waals surface area contributed by atoms with Gasteiger partial charge in [-0.1, -0.05) is 29.8 Å². The summed E-state index contributed by atoms with van der Waals surface area (Å²) in [5, 5.41) is 3.16. The van der Waals surface area contributed by atoms with E-state index in [1.54, 1.807) is 24.3 Å². The van der Waals surface area contributed by atoms with Crippen LogP contribution in [-0.2, 0) is 9.53 Å². The van der Waals surface area contributed by atoms with Crippen molar-refractivity contribution in [2.24, 2.45) is 0 Å². The monoisotopic (exact) mass is 287 g/mol. The summed E-state index contributed by atoms with van der Waals surface area (Å²) in [5.74, 6) is -0.965. The molecule has 0 aliphatic rings. The first-order valence-corrected chi connectivity index (χ1v) is 5.77. The van der Waals surface area contributed by atoms with Crippen molar-refractivity contribution >= 4 is 35.1 Å². The molecule has 18 heavy (non-hydrogen) atoms. The molecule has 1 aromatic carbocycles. The number of benzene rings is 1. The zero-order valence-corrected chi connectivity index (χ0v) is 10.9. The number of hydrogen-bond donors (Lipinski definition) is 1. The molecule has 0 aliphatic heterocycles. The highest BCUT2D eigenvalue weighted by molar-refractivity contribution is 6.30. The Morgan fingerprint density at radius 2 is 1.89 bits per heavy atom. The van der Waals surface area contributed by atoms with Crippen molar-refractivity contribution in [1.82, 2.24) is 5.32 Å². The molecule has 0 saturated heterocycles. The first-order chi connectivity index (χ1) is 8.49. The SMILES string of the molecule is C=C(Cl)COC(=O)CNC(=O)c1ccc(Cl)cc1. The third-order valence-corrected chi connectivity index (χ3v) is 2.25. The normalized spacial score (nSPS) is 9.67.